The minimum Gasteiger partial charge on any atom is -0.378 e. The highest BCUT2D eigenvalue weighted by atomic mass is 32.2. The Balaban J connectivity index is 1.60. The van der Waals surface area contributed by atoms with Crippen molar-refractivity contribution in [2.45, 2.75) is 58.1 Å². The fourth-order valence-electron chi connectivity index (χ4n) is 4.50. The van der Waals surface area contributed by atoms with Crippen molar-refractivity contribution in [2.75, 3.05) is 16.6 Å². The Morgan fingerprint density at radius 2 is 1.75 bits per heavy atom. The standard InChI is InChI=1S/C29H34N2O4S/c1-6-35-28-17-27(21-8-10-22(11-9-21)29(32)18(2)3)30-26-14-13-24(16-25(26)28)36(33,34)31-23-12-7-19(4)20(5)15-23/h7-16,18,27-28,30-31H,6,17H2,1-5H3/t27-,28-/m0/s1. The van der Waals surface area contributed by atoms with E-state index in [4.69, 9.17) is 4.74 Å². The van der Waals surface area contributed by atoms with Crippen LogP contribution in [0.4, 0.5) is 11.4 Å². The van der Waals surface area contributed by atoms with Crippen LogP contribution in [0.1, 0.15) is 71.9 Å². The third-order valence-electron chi connectivity index (χ3n) is 6.71. The second-order valence-electron chi connectivity index (χ2n) is 9.67. The molecule has 0 aromatic heterocycles. The summed E-state index contributed by atoms with van der Waals surface area (Å²) in [6.45, 7) is 10.2. The Bertz CT molecular complexity index is 1360. The Kier molecular flexibility index (Phi) is 7.52. The number of benzene rings is 3. The molecule has 3 aromatic carbocycles. The lowest BCUT2D eigenvalue weighted by atomic mass is 9.90. The van der Waals surface area contributed by atoms with Crippen molar-refractivity contribution < 1.29 is 17.9 Å². The molecule has 2 atom stereocenters. The zero-order valence-corrected chi connectivity index (χ0v) is 22.3. The van der Waals surface area contributed by atoms with Crippen LogP contribution in [-0.2, 0) is 14.8 Å². The van der Waals surface area contributed by atoms with Crippen LogP contribution < -0.4 is 10.0 Å². The van der Waals surface area contributed by atoms with Crippen LogP contribution in [0.25, 0.3) is 0 Å². The molecule has 6 nitrogen and oxygen atoms in total. The van der Waals surface area contributed by atoms with Crippen LogP contribution >= 0.6 is 0 Å². The molecule has 0 saturated heterocycles. The topological polar surface area (TPSA) is 84.5 Å². The largest absolute Gasteiger partial charge is 0.378 e. The van der Waals surface area contributed by atoms with E-state index in [0.717, 1.165) is 27.9 Å². The second-order valence-corrected chi connectivity index (χ2v) is 11.4. The molecule has 7 heteroatoms. The van der Waals surface area contributed by atoms with Crippen LogP contribution in [0.2, 0.25) is 0 Å². The van der Waals surface area contributed by atoms with E-state index in [1.807, 2.05) is 71.0 Å². The van der Waals surface area contributed by atoms with Gasteiger partial charge in [-0.15, -0.1) is 0 Å². The first kappa shape index (κ1) is 25.9. The number of aryl methyl sites for hydroxylation is 2. The Hall–Kier alpha value is -3.16. The molecular formula is C29H34N2O4S. The number of anilines is 2. The number of hydrogen-bond donors (Lipinski definition) is 2. The summed E-state index contributed by atoms with van der Waals surface area (Å²) in [4.78, 5) is 12.5. The van der Waals surface area contributed by atoms with Gasteiger partial charge >= 0.3 is 0 Å². The van der Waals surface area contributed by atoms with Gasteiger partial charge in [0.05, 0.1) is 17.0 Å². The maximum atomic E-state index is 13.2. The molecule has 2 N–H and O–H groups in total. The van der Waals surface area contributed by atoms with Gasteiger partial charge in [-0.2, -0.15) is 0 Å². The Labute approximate surface area is 214 Å². The zero-order chi connectivity index (χ0) is 26.0. The first-order chi connectivity index (χ1) is 17.1. The lowest BCUT2D eigenvalue weighted by Gasteiger charge is -2.33. The Morgan fingerprint density at radius 1 is 1.03 bits per heavy atom. The van der Waals surface area contributed by atoms with E-state index in [0.29, 0.717) is 24.3 Å². The lowest BCUT2D eigenvalue weighted by Crippen LogP contribution is -2.24. The highest BCUT2D eigenvalue weighted by molar-refractivity contribution is 7.92. The molecule has 190 valence electrons. The number of rotatable bonds is 8. The molecule has 4 rings (SSSR count). The number of ether oxygens (including phenoxy) is 1. The molecule has 0 saturated carbocycles. The number of hydrogen-bond acceptors (Lipinski definition) is 5. The van der Waals surface area contributed by atoms with Crippen molar-refractivity contribution in [2.24, 2.45) is 5.92 Å². The number of ketones is 1. The van der Waals surface area contributed by atoms with E-state index in [9.17, 15) is 13.2 Å². The van der Waals surface area contributed by atoms with E-state index < -0.39 is 10.0 Å². The third-order valence-corrected chi connectivity index (χ3v) is 8.09. The Morgan fingerprint density at radius 3 is 2.39 bits per heavy atom. The van der Waals surface area contributed by atoms with Crippen LogP contribution in [0.5, 0.6) is 0 Å². The number of carbonyl (C=O) groups is 1. The second kappa shape index (κ2) is 10.4. The van der Waals surface area contributed by atoms with Crippen molar-refractivity contribution >= 4 is 27.2 Å². The summed E-state index contributed by atoms with van der Waals surface area (Å²) in [6, 6.07) is 18.3. The van der Waals surface area contributed by atoms with Gasteiger partial charge in [-0.1, -0.05) is 44.2 Å². The summed E-state index contributed by atoms with van der Waals surface area (Å²) >= 11 is 0. The fourth-order valence-corrected chi connectivity index (χ4v) is 5.59. The van der Waals surface area contributed by atoms with Gasteiger partial charge in [0, 0.05) is 41.4 Å². The molecule has 0 radical (unpaired) electrons. The van der Waals surface area contributed by atoms with Crippen LogP contribution in [0.15, 0.2) is 65.6 Å². The summed E-state index contributed by atoms with van der Waals surface area (Å²) < 4.78 is 35.1. The molecule has 0 amide bonds. The van der Waals surface area contributed by atoms with Gasteiger partial charge in [0.25, 0.3) is 10.0 Å². The van der Waals surface area contributed by atoms with Gasteiger partial charge < -0.3 is 10.1 Å². The van der Waals surface area contributed by atoms with E-state index in [1.54, 1.807) is 24.3 Å². The highest BCUT2D eigenvalue weighted by Gasteiger charge is 2.30. The van der Waals surface area contributed by atoms with Crippen molar-refractivity contribution in [3.8, 4) is 0 Å². The summed E-state index contributed by atoms with van der Waals surface area (Å²) in [7, 11) is -3.77. The fraction of sp³-hybridized carbons (Fsp3) is 0.345. The molecule has 0 unspecified atom stereocenters. The smallest absolute Gasteiger partial charge is 0.261 e. The minimum absolute atomic E-state index is 0.0200. The van der Waals surface area contributed by atoms with Gasteiger partial charge in [-0.25, -0.2) is 8.42 Å². The molecule has 0 spiro atoms. The molecular weight excluding hydrogens is 472 g/mol. The van der Waals surface area contributed by atoms with Crippen molar-refractivity contribution in [1.82, 2.24) is 0 Å². The first-order valence-electron chi connectivity index (χ1n) is 12.4. The SMILES string of the molecule is CCO[C@H]1C[C@@H](c2ccc(C(=O)C(C)C)cc2)Nc2ccc(S(=O)(=O)Nc3ccc(C)c(C)c3)cc21. The van der Waals surface area contributed by atoms with E-state index in [1.165, 1.54) is 0 Å². The predicted molar refractivity (Wildman–Crippen MR) is 144 cm³/mol. The molecule has 0 fully saturated rings. The van der Waals surface area contributed by atoms with Gasteiger partial charge in [0.15, 0.2) is 5.78 Å². The maximum absolute atomic E-state index is 13.2. The zero-order valence-electron chi connectivity index (χ0n) is 21.5. The summed E-state index contributed by atoms with van der Waals surface area (Å²) in [5.41, 5.74) is 6.09. The summed E-state index contributed by atoms with van der Waals surface area (Å²) in [6.07, 6.45) is 0.386. The van der Waals surface area contributed by atoms with Crippen LogP contribution in [-0.4, -0.2) is 20.8 Å². The molecule has 0 bridgehead atoms. The molecule has 3 aromatic rings. The summed E-state index contributed by atoms with van der Waals surface area (Å²) in [5, 5.41) is 3.54. The average Bonchev–Trinajstić information content (AvgIpc) is 2.85. The van der Waals surface area contributed by atoms with E-state index in [2.05, 4.69) is 10.0 Å². The van der Waals surface area contributed by atoms with Crippen molar-refractivity contribution in [1.29, 1.82) is 0 Å². The maximum Gasteiger partial charge on any atom is 0.261 e. The van der Waals surface area contributed by atoms with Crippen LogP contribution in [0, 0.1) is 19.8 Å². The average molecular weight is 507 g/mol. The normalized spacial score (nSPS) is 17.4. The van der Waals surface area contributed by atoms with Gasteiger partial charge in [0.1, 0.15) is 0 Å². The number of carbonyl (C=O) groups excluding carboxylic acids is 1. The van der Waals surface area contributed by atoms with Gasteiger partial charge in [-0.3, -0.25) is 9.52 Å². The highest BCUT2D eigenvalue weighted by Crippen LogP contribution is 2.42. The van der Waals surface area contributed by atoms with Crippen LogP contribution in [0.3, 0.4) is 0 Å². The number of sulfonamides is 1. The molecule has 1 aliphatic heterocycles. The monoisotopic (exact) mass is 506 g/mol. The quantitative estimate of drug-likeness (QED) is 0.337. The number of fused-ring (bicyclic) bond motifs is 1. The van der Waals surface area contributed by atoms with Gasteiger partial charge in [-0.05, 0) is 67.8 Å². The number of nitrogens with one attached hydrogen (secondary N) is 2. The molecule has 1 aliphatic rings. The van der Waals surface area contributed by atoms with E-state index in [-0.39, 0.29) is 28.7 Å². The van der Waals surface area contributed by atoms with Crippen molar-refractivity contribution in [3.63, 3.8) is 0 Å². The predicted octanol–water partition coefficient (Wildman–Crippen LogP) is 6.58. The first-order valence-corrected chi connectivity index (χ1v) is 13.8. The third kappa shape index (κ3) is 5.47. The lowest BCUT2D eigenvalue weighted by molar-refractivity contribution is 0.0497. The number of Topliss-reactive ketones (excluding diaryl/α,β-unsaturated/α-hetero) is 1. The minimum atomic E-state index is -3.77. The molecule has 0 aliphatic carbocycles. The van der Waals surface area contributed by atoms with E-state index >= 15 is 0 Å². The summed E-state index contributed by atoms with van der Waals surface area (Å²) in [5.74, 6) is 0.0756. The van der Waals surface area contributed by atoms with Gasteiger partial charge in [0.2, 0.25) is 0 Å². The molecule has 1 heterocycles. The molecule has 36 heavy (non-hydrogen) atoms. The van der Waals surface area contributed by atoms with Crippen molar-refractivity contribution in [3.05, 3.63) is 88.5 Å².